The van der Waals surface area contributed by atoms with Crippen LogP contribution in [0.1, 0.15) is 61.6 Å². The van der Waals surface area contributed by atoms with Crippen molar-refractivity contribution in [3.63, 3.8) is 0 Å². The highest BCUT2D eigenvalue weighted by atomic mass is 16.5. The first-order chi connectivity index (χ1) is 13.5. The first-order valence-electron chi connectivity index (χ1n) is 9.50. The summed E-state index contributed by atoms with van der Waals surface area (Å²) in [6.07, 6.45) is 0.454. The quantitative estimate of drug-likeness (QED) is 0.708. The molecule has 1 fully saturated rings. The number of carboxylic acids is 1. The molecule has 0 spiro atoms. The van der Waals surface area contributed by atoms with E-state index in [4.69, 9.17) is 4.74 Å². The van der Waals surface area contributed by atoms with Gasteiger partial charge in [0.05, 0.1) is 17.3 Å². The summed E-state index contributed by atoms with van der Waals surface area (Å²) in [5.41, 5.74) is 0.951. The number of ether oxygens (including phenoxy) is 1. The Hall–Kier alpha value is -3.22. The van der Waals surface area contributed by atoms with Crippen LogP contribution in [0.4, 0.5) is 10.5 Å². The summed E-state index contributed by atoms with van der Waals surface area (Å²) in [5, 5.41) is 22.9. The van der Waals surface area contributed by atoms with Crippen LogP contribution < -0.4 is 15.0 Å². The average molecular weight is 396 g/mol. The Morgan fingerprint density at radius 1 is 1.28 bits per heavy atom. The molecule has 7 nitrogen and oxygen atoms in total. The van der Waals surface area contributed by atoms with Crippen molar-refractivity contribution in [2.45, 2.75) is 51.3 Å². The fourth-order valence-electron chi connectivity index (χ4n) is 4.05. The minimum Gasteiger partial charge on any atom is -0.504 e. The summed E-state index contributed by atoms with van der Waals surface area (Å²) in [6.45, 7) is 7.93. The summed E-state index contributed by atoms with van der Waals surface area (Å²) in [6, 6.07) is 9.14. The predicted octanol–water partition coefficient (Wildman–Crippen LogP) is 4.16. The molecular formula is C22H24N2O5. The topological polar surface area (TPSA) is 99.1 Å². The zero-order valence-corrected chi connectivity index (χ0v) is 16.8. The van der Waals surface area contributed by atoms with Crippen LogP contribution in [0.5, 0.6) is 11.5 Å². The lowest BCUT2D eigenvalue weighted by Gasteiger charge is -2.50. The van der Waals surface area contributed by atoms with Gasteiger partial charge in [-0.25, -0.2) is 9.59 Å². The van der Waals surface area contributed by atoms with Gasteiger partial charge < -0.3 is 20.3 Å². The number of nitrogens with zero attached hydrogens (tertiary/aromatic N) is 1. The number of nitrogens with one attached hydrogen (secondary N) is 1. The van der Waals surface area contributed by atoms with Gasteiger partial charge >= 0.3 is 12.0 Å². The highest BCUT2D eigenvalue weighted by molar-refractivity contribution is 5.97. The van der Waals surface area contributed by atoms with E-state index in [1.807, 2.05) is 6.07 Å². The Morgan fingerprint density at radius 2 is 2.00 bits per heavy atom. The molecule has 0 aromatic heterocycles. The smallest absolute Gasteiger partial charge is 0.335 e. The molecule has 2 aliphatic rings. The molecule has 2 atom stereocenters. The maximum atomic E-state index is 13.0. The lowest BCUT2D eigenvalue weighted by Crippen LogP contribution is -2.65. The molecule has 0 unspecified atom stereocenters. The largest absolute Gasteiger partial charge is 0.504 e. The van der Waals surface area contributed by atoms with Crippen molar-refractivity contribution in [2.75, 3.05) is 4.90 Å². The molecule has 2 heterocycles. The second-order valence-corrected chi connectivity index (χ2v) is 8.84. The number of hydrogen-bond acceptors (Lipinski definition) is 4. The molecule has 0 saturated carbocycles. The van der Waals surface area contributed by atoms with Gasteiger partial charge in [0, 0.05) is 12.0 Å². The standard InChI is InChI=1S/C22H24N2O5/c1-21(2,3)13-9-15-16-11-22(4,29-18(15)17(25)10-13)24(20(28)23-16)14-7-5-6-12(8-14)19(26)27/h5-10,16,25H,11H2,1-4H3,(H,23,28)(H,26,27)/t16-,22-/m1/s1. The number of urea groups is 1. The lowest BCUT2D eigenvalue weighted by atomic mass is 9.82. The van der Waals surface area contributed by atoms with Crippen molar-refractivity contribution in [3.8, 4) is 11.5 Å². The van der Waals surface area contributed by atoms with E-state index >= 15 is 0 Å². The Labute approximate surface area is 168 Å². The summed E-state index contributed by atoms with van der Waals surface area (Å²) in [5.74, 6) is -0.704. The van der Waals surface area contributed by atoms with Crippen LogP contribution in [0.2, 0.25) is 0 Å². The molecule has 2 bridgehead atoms. The van der Waals surface area contributed by atoms with Gasteiger partial charge in [-0.15, -0.1) is 0 Å². The van der Waals surface area contributed by atoms with E-state index in [1.165, 1.54) is 17.0 Å². The summed E-state index contributed by atoms with van der Waals surface area (Å²) in [4.78, 5) is 25.8. The Bertz CT molecular complexity index is 1030. The highest BCUT2D eigenvalue weighted by Crippen LogP contribution is 2.50. The van der Waals surface area contributed by atoms with Crippen LogP contribution in [0, 0.1) is 0 Å². The third-order valence-corrected chi connectivity index (χ3v) is 5.57. The SMILES string of the molecule is CC(C)(C)c1cc(O)c2c(c1)[C@H]1C[C@@](C)(O2)N(c2cccc(C(=O)O)c2)C(=O)N1. The summed E-state index contributed by atoms with van der Waals surface area (Å²) in [7, 11) is 0. The van der Waals surface area contributed by atoms with Gasteiger partial charge in [0.25, 0.3) is 0 Å². The zero-order valence-electron chi connectivity index (χ0n) is 16.8. The summed E-state index contributed by atoms with van der Waals surface area (Å²) >= 11 is 0. The van der Waals surface area contributed by atoms with Crippen LogP contribution in [-0.2, 0) is 5.41 Å². The van der Waals surface area contributed by atoms with E-state index in [1.54, 1.807) is 25.1 Å². The maximum Gasteiger partial charge on any atom is 0.335 e. The average Bonchev–Trinajstić information content (AvgIpc) is 2.61. The van der Waals surface area contributed by atoms with Gasteiger partial charge in [-0.3, -0.25) is 4.90 Å². The van der Waals surface area contributed by atoms with Gasteiger partial charge in [0.2, 0.25) is 0 Å². The number of amides is 2. The van der Waals surface area contributed by atoms with Crippen molar-refractivity contribution in [3.05, 3.63) is 53.1 Å². The van der Waals surface area contributed by atoms with E-state index < -0.39 is 11.7 Å². The summed E-state index contributed by atoms with van der Waals surface area (Å²) < 4.78 is 6.19. The van der Waals surface area contributed by atoms with E-state index in [2.05, 4.69) is 26.1 Å². The minimum absolute atomic E-state index is 0.0266. The zero-order chi connectivity index (χ0) is 21.1. The van der Waals surface area contributed by atoms with Crippen LogP contribution >= 0.6 is 0 Å². The number of phenols is 1. The van der Waals surface area contributed by atoms with Gasteiger partial charge in [0.15, 0.2) is 17.2 Å². The number of rotatable bonds is 2. The molecule has 0 aliphatic carbocycles. The third-order valence-electron chi connectivity index (χ3n) is 5.57. The molecule has 4 rings (SSSR count). The van der Waals surface area contributed by atoms with Crippen LogP contribution in [0.3, 0.4) is 0 Å². The number of anilines is 1. The molecule has 2 amide bonds. The molecule has 3 N–H and O–H groups in total. The van der Waals surface area contributed by atoms with Crippen LogP contribution in [-0.4, -0.2) is 27.9 Å². The molecule has 29 heavy (non-hydrogen) atoms. The van der Waals surface area contributed by atoms with Gasteiger partial charge in [-0.05, 0) is 48.2 Å². The van der Waals surface area contributed by atoms with E-state index in [9.17, 15) is 19.8 Å². The Morgan fingerprint density at radius 3 is 2.66 bits per heavy atom. The molecule has 2 aromatic carbocycles. The number of carbonyl (C=O) groups is 2. The monoisotopic (exact) mass is 396 g/mol. The first kappa shape index (κ1) is 19.1. The molecular weight excluding hydrogens is 372 g/mol. The third kappa shape index (κ3) is 3.06. The van der Waals surface area contributed by atoms with E-state index in [-0.39, 0.29) is 28.8 Å². The van der Waals surface area contributed by atoms with Crippen molar-refractivity contribution in [1.82, 2.24) is 5.32 Å². The Balaban J connectivity index is 1.80. The van der Waals surface area contributed by atoms with Gasteiger partial charge in [0.1, 0.15) is 0 Å². The second-order valence-electron chi connectivity index (χ2n) is 8.84. The van der Waals surface area contributed by atoms with Crippen molar-refractivity contribution < 1.29 is 24.5 Å². The van der Waals surface area contributed by atoms with Crippen molar-refractivity contribution in [2.24, 2.45) is 0 Å². The van der Waals surface area contributed by atoms with Gasteiger partial charge in [-0.2, -0.15) is 0 Å². The number of aromatic hydroxyl groups is 1. The predicted molar refractivity (Wildman–Crippen MR) is 108 cm³/mol. The van der Waals surface area contributed by atoms with Crippen LogP contribution in [0.15, 0.2) is 36.4 Å². The molecule has 1 saturated heterocycles. The van der Waals surface area contributed by atoms with Gasteiger partial charge in [-0.1, -0.05) is 26.8 Å². The van der Waals surface area contributed by atoms with E-state index in [0.29, 0.717) is 17.9 Å². The molecule has 152 valence electrons. The van der Waals surface area contributed by atoms with Crippen molar-refractivity contribution in [1.29, 1.82) is 0 Å². The fourth-order valence-corrected chi connectivity index (χ4v) is 4.05. The van der Waals surface area contributed by atoms with Crippen LogP contribution in [0.25, 0.3) is 0 Å². The molecule has 0 radical (unpaired) electrons. The lowest BCUT2D eigenvalue weighted by molar-refractivity contribution is 0.0348. The number of carboxylic acid groups (broad SMARTS) is 1. The number of benzene rings is 2. The second kappa shape index (κ2) is 6.14. The van der Waals surface area contributed by atoms with Crippen molar-refractivity contribution >= 4 is 17.7 Å². The number of phenolic OH excluding ortho intramolecular Hbond substituents is 1. The maximum absolute atomic E-state index is 13.0. The highest BCUT2D eigenvalue weighted by Gasteiger charge is 2.50. The first-order valence-corrected chi connectivity index (χ1v) is 9.50. The number of hydrogen-bond donors (Lipinski definition) is 3. The molecule has 2 aliphatic heterocycles. The minimum atomic E-state index is -1.07. The number of fused-ring (bicyclic) bond motifs is 4. The Kier molecular flexibility index (Phi) is 4.05. The fraction of sp³-hybridized carbons (Fsp3) is 0.364. The number of aromatic carboxylic acids is 1. The molecule has 7 heteroatoms. The molecule has 2 aromatic rings. The van der Waals surface area contributed by atoms with E-state index in [0.717, 1.165) is 11.1 Å². The number of carbonyl (C=O) groups excluding carboxylic acids is 1. The normalized spacial score (nSPS) is 23.1.